The Labute approximate surface area is 57.4 Å². The van der Waals surface area contributed by atoms with Crippen LogP contribution in [0, 0.1) is 0 Å². The number of hydrogen-bond acceptors (Lipinski definition) is 2. The van der Waals surface area contributed by atoms with E-state index in [4.69, 9.17) is 0 Å². The van der Waals surface area contributed by atoms with Gasteiger partial charge in [-0.15, -0.1) is 0 Å². The van der Waals surface area contributed by atoms with Crippen LogP contribution in [0.15, 0.2) is 2.58 Å². The Morgan fingerprint density at radius 3 is 2.14 bits per heavy atom. The van der Waals surface area contributed by atoms with Crippen LogP contribution in [0.5, 0.6) is 0 Å². The SMILES string of the molecule is O=S1(=NI)CCC1. The van der Waals surface area contributed by atoms with Crippen LogP contribution in [0.25, 0.3) is 0 Å². The van der Waals surface area contributed by atoms with Gasteiger partial charge in [-0.2, -0.15) is 2.58 Å². The molecule has 0 aromatic heterocycles. The van der Waals surface area contributed by atoms with Gasteiger partial charge in [0.05, 0.1) is 32.6 Å². The molecule has 1 aliphatic heterocycles. The number of rotatable bonds is 0. The molecule has 0 aliphatic carbocycles. The van der Waals surface area contributed by atoms with Crippen molar-refractivity contribution >= 4 is 32.6 Å². The second-order valence-corrected chi connectivity index (χ2v) is 5.28. The van der Waals surface area contributed by atoms with E-state index in [1.807, 2.05) is 22.9 Å². The third kappa shape index (κ3) is 1.07. The summed E-state index contributed by atoms with van der Waals surface area (Å²) in [4.78, 5) is 0. The van der Waals surface area contributed by atoms with Gasteiger partial charge in [-0.1, -0.05) is 0 Å². The van der Waals surface area contributed by atoms with E-state index in [1.165, 1.54) is 0 Å². The van der Waals surface area contributed by atoms with Gasteiger partial charge in [0.2, 0.25) is 0 Å². The summed E-state index contributed by atoms with van der Waals surface area (Å²) in [6, 6.07) is 0. The highest BCUT2D eigenvalue weighted by Gasteiger charge is 2.17. The van der Waals surface area contributed by atoms with Gasteiger partial charge in [-0.25, -0.2) is 4.21 Å². The first kappa shape index (κ1) is 5.81. The van der Waals surface area contributed by atoms with Gasteiger partial charge in [0.25, 0.3) is 0 Å². The van der Waals surface area contributed by atoms with Gasteiger partial charge in [-0.3, -0.25) is 0 Å². The molecule has 2 nitrogen and oxygen atoms in total. The van der Waals surface area contributed by atoms with Crippen molar-refractivity contribution in [1.82, 2.24) is 0 Å². The zero-order chi connectivity index (χ0) is 5.33. The second-order valence-electron chi connectivity index (χ2n) is 1.60. The fourth-order valence-electron chi connectivity index (χ4n) is 0.460. The molecule has 0 unspecified atom stereocenters. The molecular formula is C3H6INOS. The van der Waals surface area contributed by atoms with Crippen LogP contribution in [0.4, 0.5) is 0 Å². The average Bonchev–Trinajstić information content (AvgIpc) is 1.61. The molecule has 7 heavy (non-hydrogen) atoms. The summed E-state index contributed by atoms with van der Waals surface area (Å²) < 4.78 is 14.6. The highest BCUT2D eigenvalue weighted by atomic mass is 127. The molecule has 0 saturated carbocycles. The highest BCUT2D eigenvalue weighted by molar-refractivity contribution is 14.1. The fourth-order valence-corrected chi connectivity index (χ4v) is 2.56. The molecule has 1 fully saturated rings. The molecule has 42 valence electrons. The van der Waals surface area contributed by atoms with E-state index < -0.39 is 9.73 Å². The van der Waals surface area contributed by atoms with Gasteiger partial charge in [0.15, 0.2) is 0 Å². The van der Waals surface area contributed by atoms with Gasteiger partial charge in [-0.05, 0) is 6.42 Å². The van der Waals surface area contributed by atoms with Gasteiger partial charge in [0, 0.05) is 11.5 Å². The largest absolute Gasteiger partial charge is 0.249 e. The molecule has 1 saturated heterocycles. The van der Waals surface area contributed by atoms with E-state index in [9.17, 15) is 4.21 Å². The van der Waals surface area contributed by atoms with E-state index >= 15 is 0 Å². The predicted molar refractivity (Wildman–Crippen MR) is 38.9 cm³/mol. The van der Waals surface area contributed by atoms with Crippen LogP contribution < -0.4 is 0 Å². The predicted octanol–water partition coefficient (Wildman–Crippen LogP) is 1.21. The summed E-state index contributed by atoms with van der Waals surface area (Å²) in [5.74, 6) is 1.66. The lowest BCUT2D eigenvalue weighted by atomic mass is 10.5. The zero-order valence-corrected chi connectivity index (χ0v) is 6.74. The summed E-state index contributed by atoms with van der Waals surface area (Å²) >= 11 is 1.83. The molecule has 4 heteroatoms. The molecule has 1 rings (SSSR count). The maximum Gasteiger partial charge on any atom is 0.0952 e. The Morgan fingerprint density at radius 1 is 1.57 bits per heavy atom. The van der Waals surface area contributed by atoms with E-state index in [0.717, 1.165) is 17.9 Å². The van der Waals surface area contributed by atoms with Crippen LogP contribution in [-0.4, -0.2) is 15.7 Å². The summed E-state index contributed by atoms with van der Waals surface area (Å²) in [6.45, 7) is 0. The lowest BCUT2D eigenvalue weighted by molar-refractivity contribution is 0.664. The minimum atomic E-state index is -1.62. The molecule has 0 aromatic rings. The van der Waals surface area contributed by atoms with Crippen molar-refractivity contribution in [1.29, 1.82) is 0 Å². The van der Waals surface area contributed by atoms with Crippen molar-refractivity contribution in [2.75, 3.05) is 11.5 Å². The number of hydrogen-bond donors (Lipinski definition) is 0. The lowest BCUT2D eigenvalue weighted by Crippen LogP contribution is -2.22. The molecule has 0 amide bonds. The van der Waals surface area contributed by atoms with Gasteiger partial charge < -0.3 is 0 Å². The molecule has 1 heterocycles. The van der Waals surface area contributed by atoms with Crippen LogP contribution in [-0.2, 0) is 9.73 Å². The maximum atomic E-state index is 10.8. The normalized spacial score (nSPS) is 25.9. The van der Waals surface area contributed by atoms with Crippen LogP contribution in [0.3, 0.4) is 0 Å². The minimum Gasteiger partial charge on any atom is -0.249 e. The van der Waals surface area contributed by atoms with E-state index in [1.54, 1.807) is 0 Å². The summed E-state index contributed by atoms with van der Waals surface area (Å²) in [7, 11) is -1.62. The highest BCUT2D eigenvalue weighted by Crippen LogP contribution is 2.14. The van der Waals surface area contributed by atoms with Crippen molar-refractivity contribution in [3.8, 4) is 0 Å². The minimum absolute atomic E-state index is 0.829. The Morgan fingerprint density at radius 2 is 2.14 bits per heavy atom. The summed E-state index contributed by atoms with van der Waals surface area (Å²) in [5, 5.41) is 0. The van der Waals surface area contributed by atoms with Crippen molar-refractivity contribution < 1.29 is 4.21 Å². The first-order valence-electron chi connectivity index (χ1n) is 2.10. The Hall–Kier alpha value is 0.680. The molecule has 0 spiro atoms. The van der Waals surface area contributed by atoms with Crippen LogP contribution in [0.2, 0.25) is 0 Å². The first-order chi connectivity index (χ1) is 3.27. The van der Waals surface area contributed by atoms with Crippen molar-refractivity contribution in [2.24, 2.45) is 2.58 Å². The quantitative estimate of drug-likeness (QED) is 0.576. The average molecular weight is 231 g/mol. The monoisotopic (exact) mass is 231 g/mol. The molecular weight excluding hydrogens is 225 g/mol. The number of nitrogens with zero attached hydrogens (tertiary/aromatic N) is 1. The standard InChI is InChI=1S/C3H6INOS/c4-5-7(6)2-1-3-7/h1-3H2. The van der Waals surface area contributed by atoms with Crippen molar-refractivity contribution in [2.45, 2.75) is 6.42 Å². The molecule has 0 aromatic carbocycles. The second kappa shape index (κ2) is 1.89. The van der Waals surface area contributed by atoms with E-state index in [0.29, 0.717) is 0 Å². The van der Waals surface area contributed by atoms with Gasteiger partial charge >= 0.3 is 0 Å². The fraction of sp³-hybridized carbons (Fsp3) is 1.00. The van der Waals surface area contributed by atoms with Crippen LogP contribution >= 0.6 is 22.9 Å². The molecule has 0 N–H and O–H groups in total. The van der Waals surface area contributed by atoms with Crippen LogP contribution in [0.1, 0.15) is 6.42 Å². The summed E-state index contributed by atoms with van der Waals surface area (Å²) in [5.41, 5.74) is 0. The zero-order valence-electron chi connectivity index (χ0n) is 3.76. The van der Waals surface area contributed by atoms with E-state index in [2.05, 4.69) is 2.58 Å². The smallest absolute Gasteiger partial charge is 0.0952 e. The molecule has 0 bridgehead atoms. The third-order valence-electron chi connectivity index (χ3n) is 1.05. The number of halogens is 1. The molecule has 0 atom stereocenters. The Kier molecular flexibility index (Phi) is 1.57. The molecule has 0 radical (unpaired) electrons. The maximum absolute atomic E-state index is 10.8. The van der Waals surface area contributed by atoms with Gasteiger partial charge in [0.1, 0.15) is 0 Å². The first-order valence-corrected chi connectivity index (χ1v) is 4.91. The topological polar surface area (TPSA) is 29.4 Å². The Bertz CT molecular complexity index is 160. The third-order valence-corrected chi connectivity index (χ3v) is 5.31. The van der Waals surface area contributed by atoms with Crippen molar-refractivity contribution in [3.05, 3.63) is 0 Å². The molecule has 1 aliphatic rings. The lowest BCUT2D eigenvalue weighted by Gasteiger charge is -2.15. The summed E-state index contributed by atoms with van der Waals surface area (Å²) in [6.07, 6.45) is 1.10. The van der Waals surface area contributed by atoms with E-state index in [-0.39, 0.29) is 0 Å². The Balaban J connectivity index is 2.82. The van der Waals surface area contributed by atoms with Crippen molar-refractivity contribution in [3.63, 3.8) is 0 Å².